The molecule has 1 aliphatic rings. The molecule has 1 aromatic heterocycles. The van der Waals surface area contributed by atoms with Crippen LogP contribution in [0.1, 0.15) is 54.0 Å². The average molecular weight is 380 g/mol. The second-order valence-electron chi connectivity index (χ2n) is 7.36. The van der Waals surface area contributed by atoms with Gasteiger partial charge in [-0.25, -0.2) is 0 Å². The standard InChI is InChI=1S/C22H28N4O2/c1-3-11-24-22(28)20-15-17(8-12-23-20)21(27)25-18-4-6-19(7-5-18)26-13-9-16(2)10-14-26/h4-8,12,15-16H,3,9-11,13-14H2,1-2H3,(H,24,28)(H,25,27). The number of rotatable bonds is 6. The van der Waals surface area contributed by atoms with Crippen molar-refractivity contribution >= 4 is 23.2 Å². The van der Waals surface area contributed by atoms with Gasteiger partial charge in [0.15, 0.2) is 0 Å². The van der Waals surface area contributed by atoms with Crippen molar-refractivity contribution in [1.82, 2.24) is 10.3 Å². The number of hydrogen-bond acceptors (Lipinski definition) is 4. The van der Waals surface area contributed by atoms with Crippen molar-refractivity contribution in [3.8, 4) is 0 Å². The molecule has 3 rings (SSSR count). The zero-order valence-corrected chi connectivity index (χ0v) is 16.6. The summed E-state index contributed by atoms with van der Waals surface area (Å²) in [5.41, 5.74) is 2.57. The topological polar surface area (TPSA) is 74.3 Å². The van der Waals surface area contributed by atoms with E-state index < -0.39 is 0 Å². The maximum atomic E-state index is 12.5. The summed E-state index contributed by atoms with van der Waals surface area (Å²) >= 11 is 0. The second kappa shape index (κ2) is 9.35. The number of carbonyl (C=O) groups is 2. The number of hydrogen-bond donors (Lipinski definition) is 2. The number of amides is 2. The third kappa shape index (κ3) is 5.09. The van der Waals surface area contributed by atoms with Gasteiger partial charge in [0.05, 0.1) is 0 Å². The van der Waals surface area contributed by atoms with Gasteiger partial charge in [-0.2, -0.15) is 0 Å². The Morgan fingerprint density at radius 3 is 2.50 bits per heavy atom. The maximum Gasteiger partial charge on any atom is 0.269 e. The molecular formula is C22H28N4O2. The van der Waals surface area contributed by atoms with E-state index in [1.165, 1.54) is 30.8 Å². The van der Waals surface area contributed by atoms with Crippen LogP contribution in [0.3, 0.4) is 0 Å². The van der Waals surface area contributed by atoms with Gasteiger partial charge in [-0.15, -0.1) is 0 Å². The quantitative estimate of drug-likeness (QED) is 0.801. The molecule has 6 nitrogen and oxygen atoms in total. The summed E-state index contributed by atoms with van der Waals surface area (Å²) in [4.78, 5) is 31.0. The number of nitrogens with one attached hydrogen (secondary N) is 2. The summed E-state index contributed by atoms with van der Waals surface area (Å²) in [5, 5.41) is 5.65. The van der Waals surface area contributed by atoms with E-state index in [4.69, 9.17) is 0 Å². The van der Waals surface area contributed by atoms with Gasteiger partial charge in [-0.05, 0) is 61.6 Å². The molecule has 1 aliphatic heterocycles. The first-order chi connectivity index (χ1) is 13.6. The van der Waals surface area contributed by atoms with Crippen LogP contribution in [0.4, 0.5) is 11.4 Å². The molecule has 0 spiro atoms. The van der Waals surface area contributed by atoms with E-state index >= 15 is 0 Å². The highest BCUT2D eigenvalue weighted by Gasteiger charge is 2.16. The van der Waals surface area contributed by atoms with E-state index in [9.17, 15) is 9.59 Å². The predicted molar refractivity (Wildman–Crippen MR) is 112 cm³/mol. The van der Waals surface area contributed by atoms with E-state index in [0.29, 0.717) is 12.1 Å². The molecule has 1 fully saturated rings. The summed E-state index contributed by atoms with van der Waals surface area (Å²) in [7, 11) is 0. The number of anilines is 2. The van der Waals surface area contributed by atoms with Crippen molar-refractivity contribution in [2.75, 3.05) is 29.9 Å². The fourth-order valence-electron chi connectivity index (χ4n) is 3.25. The molecule has 1 saturated heterocycles. The molecule has 2 N–H and O–H groups in total. The van der Waals surface area contributed by atoms with E-state index in [1.807, 2.05) is 31.2 Å². The van der Waals surface area contributed by atoms with E-state index in [2.05, 4.69) is 27.4 Å². The summed E-state index contributed by atoms with van der Waals surface area (Å²) in [6.45, 7) is 7.02. The first-order valence-corrected chi connectivity index (χ1v) is 9.97. The van der Waals surface area contributed by atoms with Crippen LogP contribution in [0.25, 0.3) is 0 Å². The van der Waals surface area contributed by atoms with Crippen LogP contribution >= 0.6 is 0 Å². The Bertz CT molecular complexity index is 812. The Hall–Kier alpha value is -2.89. The minimum atomic E-state index is -0.267. The number of piperidine rings is 1. The molecular weight excluding hydrogens is 352 g/mol. The Labute approximate surface area is 166 Å². The molecule has 0 radical (unpaired) electrons. The molecule has 2 amide bonds. The zero-order chi connectivity index (χ0) is 19.9. The predicted octanol–water partition coefficient (Wildman–Crippen LogP) is 3.71. The number of aromatic nitrogens is 1. The largest absolute Gasteiger partial charge is 0.372 e. The molecule has 1 aromatic carbocycles. The van der Waals surface area contributed by atoms with E-state index in [0.717, 1.165) is 31.1 Å². The van der Waals surface area contributed by atoms with Gasteiger partial charge in [0.2, 0.25) is 0 Å². The lowest BCUT2D eigenvalue weighted by Gasteiger charge is -2.32. The van der Waals surface area contributed by atoms with E-state index in [1.54, 1.807) is 6.07 Å². The van der Waals surface area contributed by atoms with Gasteiger partial charge < -0.3 is 15.5 Å². The Kier molecular flexibility index (Phi) is 6.63. The zero-order valence-electron chi connectivity index (χ0n) is 16.6. The molecule has 0 bridgehead atoms. The molecule has 28 heavy (non-hydrogen) atoms. The highest BCUT2D eigenvalue weighted by molar-refractivity contribution is 6.05. The van der Waals surface area contributed by atoms with Gasteiger partial charge in [0.1, 0.15) is 5.69 Å². The van der Waals surface area contributed by atoms with Crippen molar-refractivity contribution in [3.05, 3.63) is 53.9 Å². The van der Waals surface area contributed by atoms with Crippen molar-refractivity contribution in [2.24, 2.45) is 5.92 Å². The highest BCUT2D eigenvalue weighted by Crippen LogP contribution is 2.24. The van der Waals surface area contributed by atoms with Crippen LogP contribution in [0, 0.1) is 5.92 Å². The number of benzene rings is 1. The second-order valence-corrected chi connectivity index (χ2v) is 7.36. The monoisotopic (exact) mass is 380 g/mol. The minimum Gasteiger partial charge on any atom is -0.372 e. The Balaban J connectivity index is 1.62. The molecule has 148 valence electrons. The van der Waals surface area contributed by atoms with Crippen molar-refractivity contribution in [2.45, 2.75) is 33.1 Å². The average Bonchev–Trinajstić information content (AvgIpc) is 2.73. The molecule has 2 heterocycles. The minimum absolute atomic E-state index is 0.246. The van der Waals surface area contributed by atoms with Gasteiger partial charge in [-0.1, -0.05) is 13.8 Å². The maximum absolute atomic E-state index is 12.5. The first kappa shape index (κ1) is 19.9. The number of nitrogens with zero attached hydrogens (tertiary/aromatic N) is 2. The third-order valence-electron chi connectivity index (χ3n) is 5.06. The van der Waals surface area contributed by atoms with Crippen LogP contribution in [0.5, 0.6) is 0 Å². The highest BCUT2D eigenvalue weighted by atomic mass is 16.2. The van der Waals surface area contributed by atoms with Crippen molar-refractivity contribution in [1.29, 1.82) is 0 Å². The normalized spacial score (nSPS) is 14.6. The van der Waals surface area contributed by atoms with Crippen LogP contribution in [0.15, 0.2) is 42.6 Å². The van der Waals surface area contributed by atoms with Gasteiger partial charge in [0.25, 0.3) is 11.8 Å². The smallest absolute Gasteiger partial charge is 0.269 e. The molecule has 0 unspecified atom stereocenters. The number of carbonyl (C=O) groups excluding carboxylic acids is 2. The lowest BCUT2D eigenvalue weighted by Crippen LogP contribution is -2.32. The molecule has 0 saturated carbocycles. The van der Waals surface area contributed by atoms with Crippen molar-refractivity contribution in [3.63, 3.8) is 0 Å². The summed E-state index contributed by atoms with van der Waals surface area (Å²) in [6.07, 6.45) is 4.76. The third-order valence-corrected chi connectivity index (χ3v) is 5.06. The van der Waals surface area contributed by atoms with Gasteiger partial charge in [-0.3, -0.25) is 14.6 Å². The summed E-state index contributed by atoms with van der Waals surface area (Å²) in [6, 6.07) is 11.0. The van der Waals surface area contributed by atoms with Crippen molar-refractivity contribution < 1.29 is 9.59 Å². The van der Waals surface area contributed by atoms with E-state index in [-0.39, 0.29) is 17.5 Å². The first-order valence-electron chi connectivity index (χ1n) is 9.97. The van der Waals surface area contributed by atoms with Gasteiger partial charge in [0, 0.05) is 42.8 Å². The molecule has 6 heteroatoms. The fraction of sp³-hybridized carbons (Fsp3) is 0.409. The fourth-order valence-corrected chi connectivity index (χ4v) is 3.25. The van der Waals surface area contributed by atoms with Crippen LogP contribution in [0.2, 0.25) is 0 Å². The van der Waals surface area contributed by atoms with Crippen LogP contribution < -0.4 is 15.5 Å². The lowest BCUT2D eigenvalue weighted by molar-refractivity contribution is 0.0948. The summed E-state index contributed by atoms with van der Waals surface area (Å²) < 4.78 is 0. The molecule has 0 atom stereocenters. The molecule has 0 aliphatic carbocycles. The lowest BCUT2D eigenvalue weighted by atomic mass is 9.99. The van der Waals surface area contributed by atoms with Gasteiger partial charge >= 0.3 is 0 Å². The Morgan fingerprint density at radius 2 is 1.82 bits per heavy atom. The van der Waals surface area contributed by atoms with Crippen LogP contribution in [-0.2, 0) is 0 Å². The molecule has 2 aromatic rings. The van der Waals surface area contributed by atoms with Crippen LogP contribution in [-0.4, -0.2) is 36.4 Å². The SMILES string of the molecule is CCCNC(=O)c1cc(C(=O)Nc2ccc(N3CCC(C)CC3)cc2)ccn1. The number of pyridine rings is 1. The summed E-state index contributed by atoms with van der Waals surface area (Å²) in [5.74, 6) is 0.271. The Morgan fingerprint density at radius 1 is 1.11 bits per heavy atom.